The molecule has 0 bridgehead atoms. The highest BCUT2D eigenvalue weighted by molar-refractivity contribution is 6.29. The van der Waals surface area contributed by atoms with Crippen LogP contribution in [0.25, 0.3) is 0 Å². The van der Waals surface area contributed by atoms with Crippen molar-refractivity contribution >= 4 is 11.6 Å². The van der Waals surface area contributed by atoms with Crippen molar-refractivity contribution in [3.05, 3.63) is 67.5 Å². The maximum atomic E-state index is 13.4. The Morgan fingerprint density at radius 2 is 1.89 bits per heavy atom. The third-order valence-electron chi connectivity index (χ3n) is 2.37. The van der Waals surface area contributed by atoms with Crippen LogP contribution in [0.3, 0.4) is 0 Å². The molecule has 0 saturated carbocycles. The molecule has 2 aromatic rings. The van der Waals surface area contributed by atoms with E-state index in [2.05, 4.69) is 0 Å². The van der Waals surface area contributed by atoms with Crippen molar-refractivity contribution in [2.24, 2.45) is 0 Å². The Hall–Kier alpha value is -1.95. The molecule has 0 unspecified atom stereocenters. The standard InChI is InChI=1S/C11H7ClF2N2O2/c12-9-8(14)10(17)16(11(18)15-9)5-6-3-1-2-4-7(6)13/h1-4H,5H2,(H,15,18). The van der Waals surface area contributed by atoms with Crippen LogP contribution in [0.15, 0.2) is 33.9 Å². The Kier molecular flexibility index (Phi) is 3.29. The number of aromatic amines is 1. The molecule has 0 saturated heterocycles. The van der Waals surface area contributed by atoms with Gasteiger partial charge in [-0.2, -0.15) is 4.39 Å². The van der Waals surface area contributed by atoms with Crippen molar-refractivity contribution < 1.29 is 8.78 Å². The van der Waals surface area contributed by atoms with Crippen molar-refractivity contribution in [3.8, 4) is 0 Å². The SMILES string of the molecule is O=c1[nH]c(Cl)c(F)c(=O)n1Cc1ccccc1F. The molecule has 0 amide bonds. The molecule has 0 aliphatic heterocycles. The van der Waals surface area contributed by atoms with E-state index in [1.54, 1.807) is 6.07 Å². The molecule has 0 fully saturated rings. The van der Waals surface area contributed by atoms with Gasteiger partial charge in [-0.15, -0.1) is 0 Å². The summed E-state index contributed by atoms with van der Waals surface area (Å²) in [5, 5.41) is -0.658. The predicted octanol–water partition coefficient (Wildman–Crippen LogP) is 1.52. The smallest absolute Gasteiger partial charge is 0.295 e. The molecule has 0 aliphatic carbocycles. The fourth-order valence-electron chi connectivity index (χ4n) is 1.46. The van der Waals surface area contributed by atoms with E-state index in [0.29, 0.717) is 4.57 Å². The maximum Gasteiger partial charge on any atom is 0.329 e. The molecule has 0 spiro atoms. The third-order valence-corrected chi connectivity index (χ3v) is 2.63. The van der Waals surface area contributed by atoms with E-state index < -0.39 is 28.0 Å². The second kappa shape index (κ2) is 4.73. The minimum Gasteiger partial charge on any atom is -0.295 e. The van der Waals surface area contributed by atoms with Crippen LogP contribution in [0.1, 0.15) is 5.56 Å². The Labute approximate surface area is 104 Å². The Bertz CT molecular complexity index is 709. The molecule has 94 valence electrons. The largest absolute Gasteiger partial charge is 0.329 e. The molecule has 4 nitrogen and oxygen atoms in total. The molecule has 1 aromatic carbocycles. The van der Waals surface area contributed by atoms with Gasteiger partial charge >= 0.3 is 5.69 Å². The van der Waals surface area contributed by atoms with Gasteiger partial charge in [-0.05, 0) is 6.07 Å². The van der Waals surface area contributed by atoms with Gasteiger partial charge < -0.3 is 0 Å². The quantitative estimate of drug-likeness (QED) is 0.843. The number of H-pyrrole nitrogens is 1. The van der Waals surface area contributed by atoms with E-state index in [-0.39, 0.29) is 12.1 Å². The average Bonchev–Trinajstić information content (AvgIpc) is 2.34. The summed E-state index contributed by atoms with van der Waals surface area (Å²) in [4.78, 5) is 24.9. The van der Waals surface area contributed by atoms with Gasteiger partial charge in [0.1, 0.15) is 5.82 Å². The van der Waals surface area contributed by atoms with Gasteiger partial charge in [-0.1, -0.05) is 29.8 Å². The van der Waals surface area contributed by atoms with Crippen LogP contribution < -0.4 is 11.2 Å². The molecule has 0 atom stereocenters. The summed E-state index contributed by atoms with van der Waals surface area (Å²) in [5.41, 5.74) is -1.98. The number of benzene rings is 1. The Morgan fingerprint density at radius 1 is 1.22 bits per heavy atom. The van der Waals surface area contributed by atoms with E-state index in [1.807, 2.05) is 4.98 Å². The zero-order valence-electron chi connectivity index (χ0n) is 8.91. The van der Waals surface area contributed by atoms with Gasteiger partial charge in [-0.25, -0.2) is 9.18 Å². The Balaban J connectivity index is 2.55. The molecule has 1 aromatic heterocycles. The summed E-state index contributed by atoms with van der Waals surface area (Å²) in [6, 6.07) is 5.59. The number of hydrogen-bond donors (Lipinski definition) is 1. The minimum absolute atomic E-state index is 0.104. The number of aromatic nitrogens is 2. The van der Waals surface area contributed by atoms with Crippen LogP contribution >= 0.6 is 11.6 Å². The van der Waals surface area contributed by atoms with Crippen molar-refractivity contribution in [2.45, 2.75) is 6.54 Å². The first kappa shape index (κ1) is 12.5. The first-order valence-corrected chi connectivity index (χ1v) is 5.30. The fraction of sp³-hybridized carbons (Fsp3) is 0.0909. The van der Waals surface area contributed by atoms with Crippen LogP contribution in [-0.2, 0) is 6.54 Å². The van der Waals surface area contributed by atoms with Crippen molar-refractivity contribution in [2.75, 3.05) is 0 Å². The monoisotopic (exact) mass is 272 g/mol. The first-order valence-electron chi connectivity index (χ1n) is 4.92. The number of hydrogen-bond acceptors (Lipinski definition) is 2. The molecular formula is C11H7ClF2N2O2. The lowest BCUT2D eigenvalue weighted by Crippen LogP contribution is -2.37. The number of nitrogens with one attached hydrogen (secondary N) is 1. The van der Waals surface area contributed by atoms with Gasteiger partial charge in [-0.3, -0.25) is 14.3 Å². The second-order valence-corrected chi connectivity index (χ2v) is 3.92. The van der Waals surface area contributed by atoms with E-state index in [0.717, 1.165) is 0 Å². The van der Waals surface area contributed by atoms with E-state index >= 15 is 0 Å². The zero-order valence-corrected chi connectivity index (χ0v) is 9.67. The summed E-state index contributed by atoms with van der Waals surface area (Å²) in [7, 11) is 0. The first-order chi connectivity index (χ1) is 8.50. The maximum absolute atomic E-state index is 13.4. The van der Waals surface area contributed by atoms with E-state index in [1.165, 1.54) is 18.2 Å². The molecule has 18 heavy (non-hydrogen) atoms. The molecule has 1 N–H and O–H groups in total. The summed E-state index contributed by atoms with van der Waals surface area (Å²) in [6.07, 6.45) is 0. The summed E-state index contributed by atoms with van der Waals surface area (Å²) < 4.78 is 27.2. The predicted molar refractivity (Wildman–Crippen MR) is 61.8 cm³/mol. The van der Waals surface area contributed by atoms with Gasteiger partial charge in [0.25, 0.3) is 5.56 Å². The lowest BCUT2D eigenvalue weighted by Gasteiger charge is -2.06. The normalized spacial score (nSPS) is 10.6. The van der Waals surface area contributed by atoms with Gasteiger partial charge in [0.05, 0.1) is 6.54 Å². The fourth-order valence-corrected chi connectivity index (χ4v) is 1.62. The zero-order chi connectivity index (χ0) is 13.3. The molecule has 1 heterocycles. The highest BCUT2D eigenvalue weighted by atomic mass is 35.5. The molecule has 7 heteroatoms. The minimum atomic E-state index is -1.27. The highest BCUT2D eigenvalue weighted by Gasteiger charge is 2.13. The molecule has 2 rings (SSSR count). The number of rotatable bonds is 2. The number of halogens is 3. The van der Waals surface area contributed by atoms with Crippen LogP contribution in [0, 0.1) is 11.6 Å². The lowest BCUT2D eigenvalue weighted by molar-refractivity contribution is 0.545. The summed E-state index contributed by atoms with van der Waals surface area (Å²) in [5.74, 6) is -1.85. The summed E-state index contributed by atoms with van der Waals surface area (Å²) >= 11 is 5.31. The van der Waals surface area contributed by atoms with Crippen molar-refractivity contribution in [1.82, 2.24) is 9.55 Å². The van der Waals surface area contributed by atoms with Crippen LogP contribution in [0.2, 0.25) is 5.15 Å². The van der Waals surface area contributed by atoms with Crippen LogP contribution in [-0.4, -0.2) is 9.55 Å². The second-order valence-electron chi connectivity index (χ2n) is 3.54. The summed E-state index contributed by atoms with van der Waals surface area (Å²) in [6.45, 7) is -0.366. The molecular weight excluding hydrogens is 266 g/mol. The van der Waals surface area contributed by atoms with Gasteiger partial charge in [0, 0.05) is 5.56 Å². The highest BCUT2D eigenvalue weighted by Crippen LogP contribution is 2.07. The average molecular weight is 273 g/mol. The molecule has 0 radical (unpaired) electrons. The van der Waals surface area contributed by atoms with Crippen molar-refractivity contribution in [1.29, 1.82) is 0 Å². The van der Waals surface area contributed by atoms with E-state index in [4.69, 9.17) is 11.6 Å². The third kappa shape index (κ3) is 2.19. The number of nitrogens with zero attached hydrogens (tertiary/aromatic N) is 1. The lowest BCUT2D eigenvalue weighted by atomic mass is 10.2. The van der Waals surface area contributed by atoms with Gasteiger partial charge in [0.2, 0.25) is 5.82 Å². The van der Waals surface area contributed by atoms with Crippen LogP contribution in [0.4, 0.5) is 8.78 Å². The Morgan fingerprint density at radius 3 is 2.56 bits per heavy atom. The van der Waals surface area contributed by atoms with Gasteiger partial charge in [0.15, 0.2) is 5.15 Å². The van der Waals surface area contributed by atoms with Crippen molar-refractivity contribution in [3.63, 3.8) is 0 Å². The van der Waals surface area contributed by atoms with Crippen LogP contribution in [0.5, 0.6) is 0 Å². The van der Waals surface area contributed by atoms with E-state index in [9.17, 15) is 18.4 Å². The topological polar surface area (TPSA) is 54.9 Å². The molecule has 0 aliphatic rings.